The number of rotatable bonds is 4. The van der Waals surface area contributed by atoms with Gasteiger partial charge in [0.05, 0.1) is 0 Å². The fourth-order valence-electron chi connectivity index (χ4n) is 2.08. The third kappa shape index (κ3) is 3.10. The Kier molecular flexibility index (Phi) is 4.36. The van der Waals surface area contributed by atoms with Crippen LogP contribution in [-0.4, -0.2) is 54.6 Å². The second-order valence-corrected chi connectivity index (χ2v) is 4.72. The van der Waals surface area contributed by atoms with E-state index < -0.39 is 0 Å². The summed E-state index contributed by atoms with van der Waals surface area (Å²) in [5, 5.41) is 3.28. The predicted octanol–water partition coefficient (Wildman–Crippen LogP) is 1.22. The van der Waals surface area contributed by atoms with Gasteiger partial charge >= 0.3 is 0 Å². The average molecular weight is 249 g/mol. The Labute approximate surface area is 109 Å². The van der Waals surface area contributed by atoms with Crippen LogP contribution < -0.4 is 10.2 Å². The van der Waals surface area contributed by atoms with E-state index in [1.165, 1.54) is 0 Å². The van der Waals surface area contributed by atoms with E-state index in [4.69, 9.17) is 0 Å². The molecule has 100 valence electrons. The summed E-state index contributed by atoms with van der Waals surface area (Å²) in [6, 6.07) is 2.04. The lowest BCUT2D eigenvalue weighted by Gasteiger charge is -2.32. The number of nitrogens with zero attached hydrogens (tertiary/aromatic N) is 4. The molecule has 0 saturated carbocycles. The maximum Gasteiger partial charge on any atom is 0.227 e. The molecule has 18 heavy (non-hydrogen) atoms. The summed E-state index contributed by atoms with van der Waals surface area (Å²) in [5.41, 5.74) is 1.11. The van der Waals surface area contributed by atoms with Gasteiger partial charge in [-0.1, -0.05) is 6.92 Å². The zero-order chi connectivity index (χ0) is 13.0. The number of likely N-dealkylation sites (N-methyl/N-ethyl adjacent to an activating group) is 1. The third-order valence-corrected chi connectivity index (χ3v) is 3.27. The molecule has 1 aliphatic heterocycles. The van der Waals surface area contributed by atoms with Crippen molar-refractivity contribution in [2.24, 2.45) is 0 Å². The first-order valence-corrected chi connectivity index (χ1v) is 6.78. The monoisotopic (exact) mass is 249 g/mol. The van der Waals surface area contributed by atoms with Gasteiger partial charge < -0.3 is 15.1 Å². The molecule has 0 aromatic carbocycles. The van der Waals surface area contributed by atoms with Crippen LogP contribution in [0.4, 0.5) is 11.8 Å². The molecule has 0 atom stereocenters. The van der Waals surface area contributed by atoms with Crippen LogP contribution in [0.15, 0.2) is 6.07 Å². The van der Waals surface area contributed by atoms with Crippen molar-refractivity contribution in [1.82, 2.24) is 14.9 Å². The van der Waals surface area contributed by atoms with Crippen molar-refractivity contribution in [3.05, 3.63) is 11.8 Å². The summed E-state index contributed by atoms with van der Waals surface area (Å²) in [4.78, 5) is 13.9. The molecule has 0 unspecified atom stereocenters. The highest BCUT2D eigenvalue weighted by Crippen LogP contribution is 2.16. The van der Waals surface area contributed by atoms with Crippen molar-refractivity contribution in [2.45, 2.75) is 20.3 Å². The number of aromatic nitrogens is 2. The normalized spacial score (nSPS) is 16.9. The molecule has 1 saturated heterocycles. The van der Waals surface area contributed by atoms with Crippen LogP contribution >= 0.6 is 0 Å². The zero-order valence-electron chi connectivity index (χ0n) is 11.6. The first-order chi connectivity index (χ1) is 8.72. The van der Waals surface area contributed by atoms with Crippen molar-refractivity contribution < 1.29 is 0 Å². The molecule has 2 rings (SSSR count). The zero-order valence-corrected chi connectivity index (χ0v) is 11.6. The van der Waals surface area contributed by atoms with E-state index >= 15 is 0 Å². The van der Waals surface area contributed by atoms with E-state index in [0.29, 0.717) is 0 Å². The summed E-state index contributed by atoms with van der Waals surface area (Å²) in [6.07, 6.45) is 0.946. The fourth-order valence-corrected chi connectivity index (χ4v) is 2.08. The maximum atomic E-state index is 4.64. The van der Waals surface area contributed by atoms with Gasteiger partial charge in [0.2, 0.25) is 5.95 Å². The molecule has 1 N–H and O–H groups in total. The summed E-state index contributed by atoms with van der Waals surface area (Å²) in [5.74, 6) is 1.82. The SMILES string of the molecule is CCNc1cc(CC)nc(N2CCN(C)CC2)n1. The molecule has 0 amide bonds. The van der Waals surface area contributed by atoms with Crippen LogP contribution in [-0.2, 0) is 6.42 Å². The smallest absolute Gasteiger partial charge is 0.227 e. The third-order valence-electron chi connectivity index (χ3n) is 3.27. The molecule has 2 heterocycles. The lowest BCUT2D eigenvalue weighted by molar-refractivity contribution is 0.311. The predicted molar refractivity (Wildman–Crippen MR) is 75.3 cm³/mol. The van der Waals surface area contributed by atoms with Crippen LogP contribution in [0.2, 0.25) is 0 Å². The minimum Gasteiger partial charge on any atom is -0.370 e. The number of nitrogens with one attached hydrogen (secondary N) is 1. The number of piperazine rings is 1. The molecule has 0 aliphatic carbocycles. The summed E-state index contributed by atoms with van der Waals surface area (Å²) in [7, 11) is 2.16. The molecule has 5 heteroatoms. The Balaban J connectivity index is 2.17. The lowest BCUT2D eigenvalue weighted by Crippen LogP contribution is -2.45. The topological polar surface area (TPSA) is 44.3 Å². The molecule has 1 fully saturated rings. The van der Waals surface area contributed by atoms with E-state index in [0.717, 1.165) is 56.6 Å². The molecule has 0 spiro atoms. The molecular weight excluding hydrogens is 226 g/mol. The second-order valence-electron chi connectivity index (χ2n) is 4.72. The Morgan fingerprint density at radius 1 is 1.17 bits per heavy atom. The molecule has 0 radical (unpaired) electrons. The Morgan fingerprint density at radius 3 is 2.50 bits per heavy atom. The second kappa shape index (κ2) is 6.00. The van der Waals surface area contributed by atoms with Gasteiger partial charge in [0, 0.05) is 44.5 Å². The number of aryl methyl sites for hydroxylation is 1. The largest absolute Gasteiger partial charge is 0.370 e. The number of hydrogen-bond acceptors (Lipinski definition) is 5. The maximum absolute atomic E-state index is 4.64. The van der Waals surface area contributed by atoms with Gasteiger partial charge in [-0.15, -0.1) is 0 Å². The minimum absolute atomic E-state index is 0.874. The van der Waals surface area contributed by atoms with Gasteiger partial charge in [-0.3, -0.25) is 0 Å². The van der Waals surface area contributed by atoms with Crippen LogP contribution in [0.3, 0.4) is 0 Å². The lowest BCUT2D eigenvalue weighted by atomic mass is 10.3. The van der Waals surface area contributed by atoms with E-state index in [1.807, 2.05) is 6.07 Å². The van der Waals surface area contributed by atoms with E-state index in [1.54, 1.807) is 0 Å². The molecule has 1 aliphatic rings. The van der Waals surface area contributed by atoms with Crippen molar-refractivity contribution in [3.8, 4) is 0 Å². The van der Waals surface area contributed by atoms with Crippen molar-refractivity contribution in [2.75, 3.05) is 50.0 Å². The molecular formula is C13H23N5. The standard InChI is InChI=1S/C13H23N5/c1-4-11-10-12(14-5-2)16-13(15-11)18-8-6-17(3)7-9-18/h10H,4-9H2,1-3H3,(H,14,15,16). The molecule has 5 nitrogen and oxygen atoms in total. The van der Waals surface area contributed by atoms with Gasteiger partial charge in [-0.2, -0.15) is 4.98 Å². The van der Waals surface area contributed by atoms with Gasteiger partial charge in [-0.05, 0) is 20.4 Å². The van der Waals surface area contributed by atoms with Gasteiger partial charge in [0.1, 0.15) is 5.82 Å². The van der Waals surface area contributed by atoms with E-state index in [9.17, 15) is 0 Å². The summed E-state index contributed by atoms with van der Waals surface area (Å²) >= 11 is 0. The Morgan fingerprint density at radius 2 is 1.89 bits per heavy atom. The molecule has 0 bridgehead atoms. The highest BCUT2D eigenvalue weighted by Gasteiger charge is 2.17. The number of anilines is 2. The van der Waals surface area contributed by atoms with Gasteiger partial charge in [0.15, 0.2) is 0 Å². The average Bonchev–Trinajstić information content (AvgIpc) is 2.39. The summed E-state index contributed by atoms with van der Waals surface area (Å²) in [6.45, 7) is 9.29. The Hall–Kier alpha value is -1.36. The van der Waals surface area contributed by atoms with Crippen molar-refractivity contribution in [1.29, 1.82) is 0 Å². The van der Waals surface area contributed by atoms with Crippen molar-refractivity contribution >= 4 is 11.8 Å². The quantitative estimate of drug-likeness (QED) is 0.869. The first kappa shape index (κ1) is 13.1. The van der Waals surface area contributed by atoms with Gasteiger partial charge in [0.25, 0.3) is 0 Å². The first-order valence-electron chi connectivity index (χ1n) is 6.78. The van der Waals surface area contributed by atoms with Gasteiger partial charge in [-0.25, -0.2) is 4.98 Å². The van der Waals surface area contributed by atoms with Crippen LogP contribution in [0.1, 0.15) is 19.5 Å². The highest BCUT2D eigenvalue weighted by molar-refractivity contribution is 5.44. The van der Waals surface area contributed by atoms with Crippen molar-refractivity contribution in [3.63, 3.8) is 0 Å². The summed E-state index contributed by atoms with van der Waals surface area (Å²) < 4.78 is 0. The Bertz CT molecular complexity index is 385. The molecule has 1 aromatic heterocycles. The van der Waals surface area contributed by atoms with Crippen LogP contribution in [0.25, 0.3) is 0 Å². The van der Waals surface area contributed by atoms with Crippen LogP contribution in [0.5, 0.6) is 0 Å². The minimum atomic E-state index is 0.874. The van der Waals surface area contributed by atoms with E-state index in [-0.39, 0.29) is 0 Å². The molecule has 1 aromatic rings. The fraction of sp³-hybridized carbons (Fsp3) is 0.692. The highest BCUT2D eigenvalue weighted by atomic mass is 15.3. The number of hydrogen-bond donors (Lipinski definition) is 1. The van der Waals surface area contributed by atoms with E-state index in [2.05, 4.69) is 46.0 Å². The van der Waals surface area contributed by atoms with Crippen LogP contribution in [0, 0.1) is 0 Å².